The van der Waals surface area contributed by atoms with Gasteiger partial charge in [0.1, 0.15) is 6.61 Å². The molecule has 1 aromatic rings. The summed E-state index contributed by atoms with van der Waals surface area (Å²) in [5, 5.41) is 0. The van der Waals surface area contributed by atoms with Crippen LogP contribution in [0.4, 0.5) is 0 Å². The first-order chi connectivity index (χ1) is 5.88. The number of ketones is 1. The zero-order valence-electron chi connectivity index (χ0n) is 6.69. The minimum absolute atomic E-state index is 0.0220. The van der Waals surface area contributed by atoms with Gasteiger partial charge < -0.3 is 4.74 Å². The number of ether oxygens (including phenoxy) is 1. The van der Waals surface area contributed by atoms with E-state index >= 15 is 0 Å². The van der Waals surface area contributed by atoms with E-state index in [0.717, 1.165) is 5.56 Å². The van der Waals surface area contributed by atoms with Crippen LogP contribution >= 0.6 is 0 Å². The number of carbonyl (C=O) groups excluding carboxylic acids is 1. The first-order valence-corrected chi connectivity index (χ1v) is 4.03. The summed E-state index contributed by atoms with van der Waals surface area (Å²) in [4.78, 5) is 11.2. The summed E-state index contributed by atoms with van der Waals surface area (Å²) in [5.41, 5.74) is 1.07. The zero-order chi connectivity index (χ0) is 8.39. The highest BCUT2D eigenvalue weighted by Crippen LogP contribution is 2.21. The average Bonchev–Trinajstić information content (AvgIpc) is 2.53. The number of hydrogen-bond acceptors (Lipinski definition) is 2. The molecule has 0 radical (unpaired) electrons. The maximum Gasteiger partial charge on any atom is 0.168 e. The van der Waals surface area contributed by atoms with Crippen molar-refractivity contribution in [3.63, 3.8) is 0 Å². The Morgan fingerprint density at radius 1 is 1.25 bits per heavy atom. The average molecular weight is 162 g/mol. The molecule has 0 aliphatic carbocycles. The lowest BCUT2D eigenvalue weighted by Crippen LogP contribution is -2.08. The van der Waals surface area contributed by atoms with Crippen molar-refractivity contribution in [3.8, 4) is 0 Å². The van der Waals surface area contributed by atoms with Crippen LogP contribution in [0, 0.1) is 0 Å². The van der Waals surface area contributed by atoms with E-state index in [9.17, 15) is 4.79 Å². The van der Waals surface area contributed by atoms with Gasteiger partial charge in [0.2, 0.25) is 0 Å². The molecule has 1 aliphatic rings. The Morgan fingerprint density at radius 3 is 2.58 bits per heavy atom. The molecule has 1 aliphatic heterocycles. The quantitative estimate of drug-likeness (QED) is 0.623. The Bertz CT molecular complexity index is 279. The summed E-state index contributed by atoms with van der Waals surface area (Å²) in [6, 6.07) is 9.78. The summed E-state index contributed by atoms with van der Waals surface area (Å²) in [7, 11) is 0. The maximum absolute atomic E-state index is 11.2. The highest BCUT2D eigenvalue weighted by molar-refractivity contribution is 5.88. The van der Waals surface area contributed by atoms with E-state index < -0.39 is 0 Å². The van der Waals surface area contributed by atoms with E-state index in [1.165, 1.54) is 0 Å². The minimum Gasteiger partial charge on any atom is -0.373 e. The van der Waals surface area contributed by atoms with Gasteiger partial charge in [0.25, 0.3) is 0 Å². The van der Waals surface area contributed by atoms with Crippen molar-refractivity contribution < 1.29 is 9.53 Å². The molecule has 0 unspecified atom stereocenters. The number of carbonyl (C=O) groups is 1. The van der Waals surface area contributed by atoms with Crippen LogP contribution in [0.2, 0.25) is 0 Å². The fourth-order valence-electron chi connectivity index (χ4n) is 1.44. The number of rotatable bonds is 1. The summed E-state index contributed by atoms with van der Waals surface area (Å²) in [6.45, 7) is 0.822. The highest BCUT2D eigenvalue weighted by atomic mass is 16.5. The standard InChI is InChI=1S/C10H10O2/c11-10-7-12-6-9(10)8-4-2-1-3-5-8/h1-5,9H,6-7H2/t9-/m0/s1. The van der Waals surface area contributed by atoms with E-state index in [2.05, 4.69) is 0 Å². The van der Waals surface area contributed by atoms with E-state index in [1.54, 1.807) is 0 Å². The molecule has 0 bridgehead atoms. The van der Waals surface area contributed by atoms with Gasteiger partial charge in [-0.15, -0.1) is 0 Å². The van der Waals surface area contributed by atoms with Gasteiger partial charge in [-0.05, 0) is 5.56 Å². The van der Waals surface area contributed by atoms with Gasteiger partial charge >= 0.3 is 0 Å². The van der Waals surface area contributed by atoms with Crippen LogP contribution in [0.25, 0.3) is 0 Å². The van der Waals surface area contributed by atoms with Crippen molar-refractivity contribution in [1.29, 1.82) is 0 Å². The first-order valence-electron chi connectivity index (χ1n) is 4.03. The lowest BCUT2D eigenvalue weighted by molar-refractivity contribution is -0.118. The third-order valence-electron chi connectivity index (χ3n) is 2.12. The lowest BCUT2D eigenvalue weighted by Gasteiger charge is -2.04. The molecule has 12 heavy (non-hydrogen) atoms. The molecule has 1 atom stereocenters. The molecule has 2 rings (SSSR count). The lowest BCUT2D eigenvalue weighted by atomic mass is 9.98. The highest BCUT2D eigenvalue weighted by Gasteiger charge is 2.26. The van der Waals surface area contributed by atoms with E-state index in [0.29, 0.717) is 6.61 Å². The van der Waals surface area contributed by atoms with Gasteiger partial charge in [0.05, 0.1) is 12.5 Å². The Kier molecular flexibility index (Phi) is 1.92. The van der Waals surface area contributed by atoms with Crippen LogP contribution in [0.5, 0.6) is 0 Å². The van der Waals surface area contributed by atoms with Crippen LogP contribution in [-0.4, -0.2) is 19.0 Å². The Labute approximate surface area is 71.2 Å². The predicted molar refractivity (Wildman–Crippen MR) is 45.0 cm³/mol. The van der Waals surface area contributed by atoms with Gasteiger partial charge in [-0.2, -0.15) is 0 Å². The largest absolute Gasteiger partial charge is 0.373 e. The smallest absolute Gasteiger partial charge is 0.168 e. The summed E-state index contributed by atoms with van der Waals surface area (Å²) in [6.07, 6.45) is 0. The van der Waals surface area contributed by atoms with Crippen LogP contribution < -0.4 is 0 Å². The topological polar surface area (TPSA) is 26.3 Å². The first kappa shape index (κ1) is 7.50. The van der Waals surface area contributed by atoms with E-state index in [1.807, 2.05) is 30.3 Å². The van der Waals surface area contributed by atoms with Gasteiger partial charge in [0.15, 0.2) is 5.78 Å². The molecule has 0 aromatic heterocycles. The van der Waals surface area contributed by atoms with Crippen molar-refractivity contribution in [2.45, 2.75) is 5.92 Å². The predicted octanol–water partition coefficient (Wildman–Crippen LogP) is 1.37. The molecule has 1 aromatic carbocycles. The van der Waals surface area contributed by atoms with Gasteiger partial charge in [0, 0.05) is 0 Å². The molecule has 1 fully saturated rings. The Balaban J connectivity index is 2.25. The fourth-order valence-corrected chi connectivity index (χ4v) is 1.44. The maximum atomic E-state index is 11.2. The third-order valence-corrected chi connectivity index (χ3v) is 2.12. The summed E-state index contributed by atoms with van der Waals surface area (Å²) < 4.78 is 5.07. The minimum atomic E-state index is -0.0220. The molecule has 0 saturated carbocycles. The number of hydrogen-bond donors (Lipinski definition) is 0. The molecular weight excluding hydrogens is 152 g/mol. The molecule has 0 spiro atoms. The molecule has 2 nitrogen and oxygen atoms in total. The van der Waals surface area contributed by atoms with Crippen molar-refractivity contribution in [3.05, 3.63) is 35.9 Å². The second-order valence-corrected chi connectivity index (χ2v) is 2.94. The SMILES string of the molecule is O=C1COC[C@H]1c1ccccc1. The number of Topliss-reactive ketones (excluding diaryl/α,β-unsaturated/α-hetero) is 1. The summed E-state index contributed by atoms with van der Waals surface area (Å²) >= 11 is 0. The zero-order valence-corrected chi connectivity index (χ0v) is 6.69. The molecule has 1 heterocycles. The van der Waals surface area contributed by atoms with Gasteiger partial charge in [-0.3, -0.25) is 4.79 Å². The molecular formula is C10H10O2. The fraction of sp³-hybridized carbons (Fsp3) is 0.300. The van der Waals surface area contributed by atoms with E-state index in [-0.39, 0.29) is 18.3 Å². The summed E-state index contributed by atoms with van der Waals surface area (Å²) in [5.74, 6) is 0.174. The second kappa shape index (κ2) is 3.07. The van der Waals surface area contributed by atoms with Crippen LogP contribution in [-0.2, 0) is 9.53 Å². The van der Waals surface area contributed by atoms with Gasteiger partial charge in [-0.25, -0.2) is 0 Å². The molecule has 0 N–H and O–H groups in total. The van der Waals surface area contributed by atoms with E-state index in [4.69, 9.17) is 4.74 Å². The number of benzene rings is 1. The molecule has 2 heteroatoms. The van der Waals surface area contributed by atoms with Crippen LogP contribution in [0.3, 0.4) is 0 Å². The van der Waals surface area contributed by atoms with Crippen molar-refractivity contribution in [2.24, 2.45) is 0 Å². The Hall–Kier alpha value is -1.15. The molecule has 0 amide bonds. The third kappa shape index (κ3) is 1.25. The van der Waals surface area contributed by atoms with Crippen LogP contribution in [0.15, 0.2) is 30.3 Å². The normalized spacial score (nSPS) is 23.0. The molecule has 1 saturated heterocycles. The Morgan fingerprint density at radius 2 is 2.00 bits per heavy atom. The second-order valence-electron chi connectivity index (χ2n) is 2.94. The van der Waals surface area contributed by atoms with Crippen molar-refractivity contribution in [1.82, 2.24) is 0 Å². The van der Waals surface area contributed by atoms with Gasteiger partial charge in [-0.1, -0.05) is 30.3 Å². The monoisotopic (exact) mass is 162 g/mol. The van der Waals surface area contributed by atoms with Crippen molar-refractivity contribution >= 4 is 5.78 Å². The molecule has 62 valence electrons. The van der Waals surface area contributed by atoms with Crippen molar-refractivity contribution in [2.75, 3.05) is 13.2 Å². The van der Waals surface area contributed by atoms with Crippen LogP contribution in [0.1, 0.15) is 11.5 Å².